The summed E-state index contributed by atoms with van der Waals surface area (Å²) in [4.78, 5) is 15.1. The molecule has 0 saturated heterocycles. The maximum absolute atomic E-state index is 12.7. The van der Waals surface area contributed by atoms with Gasteiger partial charge in [-0.3, -0.25) is 9.52 Å². The molecule has 6 nitrogen and oxygen atoms in total. The summed E-state index contributed by atoms with van der Waals surface area (Å²) in [6.45, 7) is 12.2. The molecule has 0 radical (unpaired) electrons. The van der Waals surface area contributed by atoms with Crippen molar-refractivity contribution >= 4 is 40.7 Å². The molecule has 1 heterocycles. The van der Waals surface area contributed by atoms with Gasteiger partial charge in [-0.05, 0) is 49.6 Å². The molecule has 150 valence electrons. The Kier molecular flexibility index (Phi) is 6.11. The van der Waals surface area contributed by atoms with E-state index in [2.05, 4.69) is 29.3 Å². The van der Waals surface area contributed by atoms with Crippen LogP contribution in [0.1, 0.15) is 22.4 Å². The van der Waals surface area contributed by atoms with Gasteiger partial charge in [0.05, 0.1) is 30.5 Å². The lowest BCUT2D eigenvalue weighted by Crippen LogP contribution is -2.27. The van der Waals surface area contributed by atoms with Crippen molar-refractivity contribution in [3.8, 4) is 0 Å². The van der Waals surface area contributed by atoms with Gasteiger partial charge in [-0.25, -0.2) is 8.42 Å². The first kappa shape index (κ1) is 21.5. The number of rotatable bonds is 7. The van der Waals surface area contributed by atoms with E-state index in [4.69, 9.17) is 4.74 Å². The highest BCUT2D eigenvalue weighted by atomic mass is 32.2. The van der Waals surface area contributed by atoms with E-state index in [9.17, 15) is 13.2 Å². The molecular weight excluding hydrogens is 380 g/mol. The van der Waals surface area contributed by atoms with Gasteiger partial charge in [0, 0.05) is 19.2 Å². The van der Waals surface area contributed by atoms with Crippen molar-refractivity contribution in [1.29, 1.82) is 0 Å². The maximum atomic E-state index is 12.7. The summed E-state index contributed by atoms with van der Waals surface area (Å²) in [6, 6.07) is 2.67. The largest absolute Gasteiger partial charge is 0.469 e. The molecule has 0 fully saturated rings. The standard InChI is InChI=1S/C19H30N2O4SSi/c1-12-10-16-13(2)15(11-17(22)25-4)14(3)18(19(16)20-12)21-26(23,24)8-9-27(5,6)7/h10,20-21H,8-9,11H2,1-7H3. The SMILES string of the molecule is COC(=O)Cc1c(C)c(NS(=O)(=O)CC[Si](C)(C)C)c2[nH]c(C)cc2c1C. The van der Waals surface area contributed by atoms with E-state index in [-0.39, 0.29) is 18.1 Å². The fourth-order valence-corrected chi connectivity index (χ4v) is 7.31. The minimum atomic E-state index is -3.49. The number of carbonyl (C=O) groups excluding carboxylic acids is 1. The number of ether oxygens (including phenoxy) is 1. The first-order valence-electron chi connectivity index (χ1n) is 9.03. The number of aromatic nitrogens is 1. The topological polar surface area (TPSA) is 88.3 Å². The average molecular weight is 411 g/mol. The van der Waals surface area contributed by atoms with Crippen LogP contribution in [0.25, 0.3) is 10.9 Å². The number of nitrogens with one attached hydrogen (secondary N) is 2. The predicted octanol–water partition coefficient (Wildman–Crippen LogP) is 3.89. The van der Waals surface area contributed by atoms with Crippen LogP contribution in [0.2, 0.25) is 25.7 Å². The van der Waals surface area contributed by atoms with Crippen molar-refractivity contribution in [1.82, 2.24) is 4.98 Å². The van der Waals surface area contributed by atoms with Crippen molar-refractivity contribution in [2.24, 2.45) is 0 Å². The fraction of sp³-hybridized carbons (Fsp3) is 0.526. The Morgan fingerprint density at radius 3 is 2.37 bits per heavy atom. The number of hydrogen-bond donors (Lipinski definition) is 2. The number of carbonyl (C=O) groups is 1. The molecular formula is C19H30N2O4SSi. The second kappa shape index (κ2) is 7.67. The quantitative estimate of drug-likeness (QED) is 0.535. The van der Waals surface area contributed by atoms with Gasteiger partial charge in [-0.1, -0.05) is 19.6 Å². The van der Waals surface area contributed by atoms with Gasteiger partial charge in [0.2, 0.25) is 10.0 Å². The summed E-state index contributed by atoms with van der Waals surface area (Å²) >= 11 is 0. The highest BCUT2D eigenvalue weighted by Crippen LogP contribution is 2.35. The van der Waals surface area contributed by atoms with E-state index in [1.165, 1.54) is 7.11 Å². The van der Waals surface area contributed by atoms with Crippen molar-refractivity contribution in [3.63, 3.8) is 0 Å². The van der Waals surface area contributed by atoms with Crippen LogP contribution in [0.4, 0.5) is 5.69 Å². The smallest absolute Gasteiger partial charge is 0.309 e. The molecule has 0 aliphatic carbocycles. The van der Waals surface area contributed by atoms with Crippen LogP contribution < -0.4 is 4.72 Å². The van der Waals surface area contributed by atoms with Crippen LogP contribution in [-0.2, 0) is 26.0 Å². The van der Waals surface area contributed by atoms with Crippen molar-refractivity contribution in [2.75, 3.05) is 17.6 Å². The Morgan fingerprint density at radius 2 is 1.81 bits per heavy atom. The number of sulfonamides is 1. The van der Waals surface area contributed by atoms with Crippen molar-refractivity contribution in [2.45, 2.75) is 52.9 Å². The lowest BCUT2D eigenvalue weighted by molar-refractivity contribution is -0.139. The first-order valence-corrected chi connectivity index (χ1v) is 14.4. The van der Waals surface area contributed by atoms with Gasteiger partial charge in [-0.15, -0.1) is 0 Å². The molecule has 1 aromatic heterocycles. The summed E-state index contributed by atoms with van der Waals surface area (Å²) in [5.41, 5.74) is 4.73. The monoisotopic (exact) mass is 410 g/mol. The number of H-pyrrole nitrogens is 1. The van der Waals surface area contributed by atoms with Gasteiger partial charge >= 0.3 is 5.97 Å². The molecule has 27 heavy (non-hydrogen) atoms. The molecule has 0 aliphatic heterocycles. The second-order valence-electron chi connectivity index (χ2n) is 8.33. The Labute approximate surface area is 162 Å². The molecule has 0 spiro atoms. The molecule has 1 aromatic carbocycles. The molecule has 0 bridgehead atoms. The number of methoxy groups -OCH3 is 1. The zero-order valence-corrected chi connectivity index (χ0v) is 19.1. The molecule has 0 unspecified atom stereocenters. The van der Waals surface area contributed by atoms with E-state index >= 15 is 0 Å². The van der Waals surface area contributed by atoms with Crippen LogP contribution in [0.5, 0.6) is 0 Å². The third-order valence-corrected chi connectivity index (χ3v) is 8.18. The number of hydrogen-bond acceptors (Lipinski definition) is 4. The van der Waals surface area contributed by atoms with E-state index in [1.807, 2.05) is 26.8 Å². The van der Waals surface area contributed by atoms with Gasteiger partial charge < -0.3 is 9.72 Å². The van der Waals surface area contributed by atoms with E-state index in [1.54, 1.807) is 0 Å². The van der Waals surface area contributed by atoms with Crippen LogP contribution in [0, 0.1) is 20.8 Å². The average Bonchev–Trinajstić information content (AvgIpc) is 2.95. The minimum absolute atomic E-state index is 0.101. The van der Waals surface area contributed by atoms with Gasteiger partial charge in [0.1, 0.15) is 0 Å². The number of esters is 1. The lowest BCUT2D eigenvalue weighted by atomic mass is 9.95. The summed E-state index contributed by atoms with van der Waals surface area (Å²) in [6.07, 6.45) is 0.109. The molecule has 2 N–H and O–H groups in total. The molecule has 0 atom stereocenters. The fourth-order valence-electron chi connectivity index (χ4n) is 3.12. The Bertz CT molecular complexity index is 972. The van der Waals surface area contributed by atoms with Gasteiger partial charge in [0.25, 0.3) is 0 Å². The maximum Gasteiger partial charge on any atom is 0.309 e. The zero-order valence-electron chi connectivity index (χ0n) is 17.2. The minimum Gasteiger partial charge on any atom is -0.469 e. The second-order valence-corrected chi connectivity index (χ2v) is 15.8. The van der Waals surface area contributed by atoms with Crippen LogP contribution in [0.3, 0.4) is 0 Å². The predicted molar refractivity (Wildman–Crippen MR) is 114 cm³/mol. The third kappa shape index (κ3) is 5.13. The molecule has 8 heteroatoms. The Hall–Kier alpha value is -1.80. The van der Waals surface area contributed by atoms with Crippen LogP contribution in [-0.4, -0.2) is 40.3 Å². The van der Waals surface area contributed by atoms with Crippen LogP contribution >= 0.6 is 0 Å². The molecule has 0 saturated carbocycles. The normalized spacial score (nSPS) is 12.4. The van der Waals surface area contributed by atoms with Crippen molar-refractivity contribution in [3.05, 3.63) is 28.5 Å². The number of fused-ring (bicyclic) bond motifs is 1. The molecule has 0 aliphatic rings. The highest BCUT2D eigenvalue weighted by molar-refractivity contribution is 7.92. The van der Waals surface area contributed by atoms with E-state index < -0.39 is 18.1 Å². The van der Waals surface area contributed by atoms with Gasteiger partial charge in [-0.2, -0.15) is 0 Å². The number of benzene rings is 1. The van der Waals surface area contributed by atoms with Crippen LogP contribution in [0.15, 0.2) is 6.07 Å². The van der Waals surface area contributed by atoms with Crippen molar-refractivity contribution < 1.29 is 17.9 Å². The summed E-state index contributed by atoms with van der Waals surface area (Å²) in [5.74, 6) is -0.246. The lowest BCUT2D eigenvalue weighted by Gasteiger charge is -2.19. The number of anilines is 1. The summed E-state index contributed by atoms with van der Waals surface area (Å²) in [7, 11) is -3.62. The number of aromatic amines is 1. The molecule has 2 aromatic rings. The van der Waals surface area contributed by atoms with E-state index in [0.717, 1.165) is 33.3 Å². The third-order valence-electron chi connectivity index (χ3n) is 4.81. The number of aryl methyl sites for hydroxylation is 2. The Balaban J connectivity index is 2.56. The summed E-state index contributed by atoms with van der Waals surface area (Å²) < 4.78 is 33.1. The molecule has 2 rings (SSSR count). The summed E-state index contributed by atoms with van der Waals surface area (Å²) in [5, 5.41) is 0.917. The highest BCUT2D eigenvalue weighted by Gasteiger charge is 2.23. The first-order chi connectivity index (χ1) is 12.3. The zero-order chi connectivity index (χ0) is 20.6. The molecule has 0 amide bonds. The van der Waals surface area contributed by atoms with Gasteiger partial charge in [0.15, 0.2) is 0 Å². The van der Waals surface area contributed by atoms with E-state index in [0.29, 0.717) is 11.7 Å². The Morgan fingerprint density at radius 1 is 1.19 bits per heavy atom.